The van der Waals surface area contributed by atoms with Crippen LogP contribution in [0.25, 0.3) is 0 Å². The van der Waals surface area contributed by atoms with Crippen LogP contribution in [0.4, 0.5) is 80.3 Å². The standard InChI is InChI=1S/C16H10F17N/c1-5-3-7(4-6(2)8(5)34)9(17,18)10(19,20)11(21,22)12(23,24)13(25,26)14(27,28)15(29,30)16(31,32)33/h3-4H,34H2,1-2H3. The number of hydrogen-bond donors (Lipinski definition) is 1. The van der Waals surface area contributed by atoms with Crippen molar-refractivity contribution < 1.29 is 74.6 Å². The predicted molar refractivity (Wildman–Crippen MR) is 80.0 cm³/mol. The van der Waals surface area contributed by atoms with E-state index < -0.39 is 70.0 Å². The molecular formula is C16H10F17N. The number of nitrogen functional groups attached to an aromatic ring is 1. The van der Waals surface area contributed by atoms with E-state index >= 15 is 0 Å². The van der Waals surface area contributed by atoms with Crippen LogP contribution >= 0.6 is 0 Å². The summed E-state index contributed by atoms with van der Waals surface area (Å²) in [7, 11) is 0. The van der Waals surface area contributed by atoms with Gasteiger partial charge in [-0.15, -0.1) is 0 Å². The van der Waals surface area contributed by atoms with E-state index in [0.717, 1.165) is 13.8 Å². The van der Waals surface area contributed by atoms with E-state index in [1.807, 2.05) is 0 Å². The van der Waals surface area contributed by atoms with Crippen LogP contribution in [0.3, 0.4) is 0 Å². The molecule has 1 nitrogen and oxygen atoms in total. The van der Waals surface area contributed by atoms with Crippen LogP contribution in [0.15, 0.2) is 12.1 Å². The Hall–Kier alpha value is -2.17. The van der Waals surface area contributed by atoms with Crippen LogP contribution in [-0.2, 0) is 5.92 Å². The van der Waals surface area contributed by atoms with Gasteiger partial charge in [0.15, 0.2) is 0 Å². The normalized spacial score (nSPS) is 15.6. The third-order valence-electron chi connectivity index (χ3n) is 4.68. The second-order valence-electron chi connectivity index (χ2n) is 7.04. The molecule has 0 aliphatic rings. The third-order valence-corrected chi connectivity index (χ3v) is 4.68. The molecule has 0 aliphatic carbocycles. The molecule has 0 heterocycles. The molecule has 34 heavy (non-hydrogen) atoms. The maximum atomic E-state index is 14.2. The summed E-state index contributed by atoms with van der Waals surface area (Å²) in [5.74, 6) is -56.6. The Kier molecular flexibility index (Phi) is 6.73. The topological polar surface area (TPSA) is 26.0 Å². The SMILES string of the molecule is Cc1cc(C(F)(F)C(F)(F)C(F)(F)C(F)(F)C(F)(F)C(F)(F)C(F)(F)C(F)(F)F)cc(C)c1N. The lowest BCUT2D eigenvalue weighted by Gasteiger charge is -2.42. The largest absolute Gasteiger partial charge is 0.460 e. The fourth-order valence-corrected chi connectivity index (χ4v) is 2.50. The number of nitrogens with two attached hydrogens (primary N) is 1. The first-order valence-electron chi connectivity index (χ1n) is 8.16. The smallest absolute Gasteiger partial charge is 0.398 e. The summed E-state index contributed by atoms with van der Waals surface area (Å²) >= 11 is 0. The van der Waals surface area contributed by atoms with Gasteiger partial charge in [-0.05, 0) is 37.1 Å². The second-order valence-corrected chi connectivity index (χ2v) is 7.04. The van der Waals surface area contributed by atoms with E-state index in [9.17, 15) is 74.6 Å². The Labute approximate surface area is 177 Å². The van der Waals surface area contributed by atoms with Crippen molar-refractivity contribution in [3.63, 3.8) is 0 Å². The van der Waals surface area contributed by atoms with Crippen LogP contribution in [0, 0.1) is 13.8 Å². The maximum absolute atomic E-state index is 14.2. The fourth-order valence-electron chi connectivity index (χ4n) is 2.50. The maximum Gasteiger partial charge on any atom is 0.460 e. The summed E-state index contributed by atoms with van der Waals surface area (Å²) in [6.45, 7) is 1.64. The Bertz CT molecular complexity index is 905. The molecule has 1 aromatic carbocycles. The van der Waals surface area contributed by atoms with Gasteiger partial charge in [-0.3, -0.25) is 0 Å². The van der Waals surface area contributed by atoms with Crippen molar-refractivity contribution in [2.24, 2.45) is 0 Å². The molecule has 0 atom stereocenters. The molecule has 0 saturated heterocycles. The van der Waals surface area contributed by atoms with Crippen molar-refractivity contribution in [2.75, 3.05) is 5.73 Å². The zero-order valence-electron chi connectivity index (χ0n) is 16.2. The molecule has 0 unspecified atom stereocenters. The molecule has 0 amide bonds. The minimum atomic E-state index is -8.64. The molecule has 0 aromatic heterocycles. The van der Waals surface area contributed by atoms with Crippen molar-refractivity contribution in [1.82, 2.24) is 0 Å². The van der Waals surface area contributed by atoms with Crippen LogP contribution in [0.2, 0.25) is 0 Å². The number of rotatable bonds is 7. The van der Waals surface area contributed by atoms with E-state index in [2.05, 4.69) is 0 Å². The summed E-state index contributed by atoms with van der Waals surface area (Å²) in [4.78, 5) is 0. The van der Waals surface area contributed by atoms with Crippen molar-refractivity contribution >= 4 is 5.69 Å². The van der Waals surface area contributed by atoms with Crippen LogP contribution in [0.5, 0.6) is 0 Å². The van der Waals surface area contributed by atoms with Gasteiger partial charge in [0, 0.05) is 11.3 Å². The highest BCUT2D eigenvalue weighted by Gasteiger charge is 2.95. The van der Waals surface area contributed by atoms with Gasteiger partial charge < -0.3 is 5.73 Å². The molecule has 0 aliphatic heterocycles. The number of hydrogen-bond acceptors (Lipinski definition) is 1. The third kappa shape index (κ3) is 3.61. The van der Waals surface area contributed by atoms with Gasteiger partial charge in [-0.2, -0.15) is 74.6 Å². The van der Waals surface area contributed by atoms with Crippen LogP contribution in [-0.4, -0.2) is 41.7 Å². The minimum Gasteiger partial charge on any atom is -0.398 e. The van der Waals surface area contributed by atoms with Gasteiger partial charge >= 0.3 is 47.6 Å². The molecule has 2 N–H and O–H groups in total. The average molecular weight is 539 g/mol. The lowest BCUT2D eigenvalue weighted by Crippen LogP contribution is -2.74. The van der Waals surface area contributed by atoms with Crippen LogP contribution < -0.4 is 5.73 Å². The lowest BCUT2D eigenvalue weighted by molar-refractivity contribution is -0.462. The van der Waals surface area contributed by atoms with E-state index in [1.54, 1.807) is 0 Å². The minimum absolute atomic E-state index is 0.0883. The Morgan fingerprint density at radius 3 is 1.03 bits per heavy atom. The van der Waals surface area contributed by atoms with Gasteiger partial charge in [-0.1, -0.05) is 0 Å². The van der Waals surface area contributed by atoms with Gasteiger partial charge in [0.25, 0.3) is 0 Å². The van der Waals surface area contributed by atoms with Gasteiger partial charge in [-0.25, -0.2) is 0 Å². The average Bonchev–Trinajstić information content (AvgIpc) is 2.63. The Balaban J connectivity index is 3.78. The zero-order valence-corrected chi connectivity index (χ0v) is 16.2. The lowest BCUT2D eigenvalue weighted by atomic mass is 9.86. The first-order valence-corrected chi connectivity index (χ1v) is 8.16. The fraction of sp³-hybridized carbons (Fsp3) is 0.625. The molecule has 0 saturated carbocycles. The molecule has 198 valence electrons. The first kappa shape index (κ1) is 29.9. The number of aryl methyl sites for hydroxylation is 2. The number of anilines is 1. The molecule has 1 rings (SSSR count). The highest BCUT2D eigenvalue weighted by Crippen LogP contribution is 2.65. The van der Waals surface area contributed by atoms with Crippen LogP contribution in [0.1, 0.15) is 16.7 Å². The van der Waals surface area contributed by atoms with Gasteiger partial charge in [0.1, 0.15) is 0 Å². The van der Waals surface area contributed by atoms with Crippen molar-refractivity contribution in [3.05, 3.63) is 28.8 Å². The monoisotopic (exact) mass is 539 g/mol. The highest BCUT2D eigenvalue weighted by molar-refractivity contribution is 5.55. The molecule has 0 spiro atoms. The molecule has 0 radical (unpaired) electrons. The molecule has 1 aromatic rings. The first-order chi connectivity index (χ1) is 14.6. The number of alkyl halides is 17. The van der Waals surface area contributed by atoms with Crippen molar-refractivity contribution in [1.29, 1.82) is 0 Å². The van der Waals surface area contributed by atoms with Gasteiger partial charge in [0.05, 0.1) is 0 Å². The molecular weight excluding hydrogens is 529 g/mol. The quantitative estimate of drug-likeness (QED) is 0.285. The Morgan fingerprint density at radius 1 is 0.471 bits per heavy atom. The number of halogens is 17. The number of benzene rings is 1. The second kappa shape index (κ2) is 7.66. The molecule has 0 bridgehead atoms. The summed E-state index contributed by atoms with van der Waals surface area (Å²) in [5.41, 5.74) is 1.51. The molecule has 18 heteroatoms. The van der Waals surface area contributed by atoms with E-state index in [0.29, 0.717) is 0 Å². The van der Waals surface area contributed by atoms with E-state index in [1.165, 1.54) is 0 Å². The van der Waals surface area contributed by atoms with Crippen molar-refractivity contribution in [2.45, 2.75) is 61.5 Å². The summed E-state index contributed by atoms with van der Waals surface area (Å²) in [5, 5.41) is 0. The predicted octanol–water partition coefficient (Wildman–Crippen LogP) is 7.35. The Morgan fingerprint density at radius 2 is 0.735 bits per heavy atom. The van der Waals surface area contributed by atoms with E-state index in [-0.39, 0.29) is 12.1 Å². The summed E-state index contributed by atoms with van der Waals surface area (Å²) < 4.78 is 226. The zero-order chi connectivity index (χ0) is 27.7. The summed E-state index contributed by atoms with van der Waals surface area (Å²) in [6, 6.07) is -0.177. The highest BCUT2D eigenvalue weighted by atomic mass is 19.4. The summed E-state index contributed by atoms with van der Waals surface area (Å²) in [6.07, 6.45) is -7.78. The van der Waals surface area contributed by atoms with Gasteiger partial charge in [0.2, 0.25) is 0 Å². The van der Waals surface area contributed by atoms with Crippen molar-refractivity contribution in [3.8, 4) is 0 Å². The molecule has 0 fully saturated rings. The van der Waals surface area contributed by atoms with E-state index in [4.69, 9.17) is 5.73 Å².